The molecule has 0 aromatic carbocycles. The molecule has 0 radical (unpaired) electrons. The van der Waals surface area contributed by atoms with E-state index in [0.717, 1.165) is 38.5 Å². The number of carboxylic acids is 1. The van der Waals surface area contributed by atoms with Gasteiger partial charge in [0.2, 0.25) is 0 Å². The van der Waals surface area contributed by atoms with Gasteiger partial charge in [-0.2, -0.15) is 0 Å². The molecule has 198 valence electrons. The van der Waals surface area contributed by atoms with E-state index in [-0.39, 0.29) is 33.7 Å². The van der Waals surface area contributed by atoms with Crippen LogP contribution in [0.2, 0.25) is 0 Å². The van der Waals surface area contributed by atoms with Crippen LogP contribution in [0.3, 0.4) is 0 Å². The lowest BCUT2D eigenvalue weighted by molar-refractivity contribution is -0.226. The molecule has 10 atom stereocenters. The van der Waals surface area contributed by atoms with Gasteiger partial charge in [0.25, 0.3) is 0 Å². The summed E-state index contributed by atoms with van der Waals surface area (Å²) in [5.74, 6) is -0.264. The van der Waals surface area contributed by atoms with Crippen molar-refractivity contribution in [3.8, 4) is 0 Å². The minimum atomic E-state index is -1.32. The Bertz CT molecular complexity index is 952. The average molecular weight is 489 g/mol. The Morgan fingerprint density at radius 1 is 0.857 bits per heavy atom. The van der Waals surface area contributed by atoms with Gasteiger partial charge in [0.1, 0.15) is 5.41 Å². The standard InChI is InChI=1S/C30H48O5/c1-25(2)16-18-17-8-9-20-27(5)12-11-21(31)26(3,4)19(27)10-13-29(20,7)28(17,6)14-15-30(18,24(34)35)23(33)22(25)32/h8,18-23,31-33H,9-16H2,1-7H3,(H,34,35)/t18-,19-,20+,21-,22-,23-,27-,28+,29+,30-/m0/s1. The third-order valence-electron chi connectivity index (χ3n) is 13.3. The maximum atomic E-state index is 12.8. The topological polar surface area (TPSA) is 98.0 Å². The first-order chi connectivity index (χ1) is 16.0. The second-order valence-electron chi connectivity index (χ2n) is 15.2. The van der Waals surface area contributed by atoms with Crippen LogP contribution >= 0.6 is 0 Å². The van der Waals surface area contributed by atoms with E-state index in [1.54, 1.807) is 0 Å². The summed E-state index contributed by atoms with van der Waals surface area (Å²) in [5.41, 5.74) is -0.681. The minimum Gasteiger partial charge on any atom is -0.481 e. The number of allylic oxidation sites excluding steroid dienone is 2. The predicted octanol–water partition coefficient (Wildman–Crippen LogP) is 5.18. The second kappa shape index (κ2) is 7.35. The first kappa shape index (κ1) is 25.7. The number of aliphatic hydroxyl groups is 3. The summed E-state index contributed by atoms with van der Waals surface area (Å²) < 4.78 is 0. The Labute approximate surface area is 211 Å². The zero-order valence-electron chi connectivity index (χ0n) is 22.9. The number of carboxylic acid groups (broad SMARTS) is 1. The van der Waals surface area contributed by atoms with Crippen LogP contribution < -0.4 is 0 Å². The first-order valence-corrected chi connectivity index (χ1v) is 14.0. The third kappa shape index (κ3) is 2.90. The highest BCUT2D eigenvalue weighted by Gasteiger charge is 2.71. The van der Waals surface area contributed by atoms with E-state index >= 15 is 0 Å². The second-order valence-corrected chi connectivity index (χ2v) is 15.2. The minimum absolute atomic E-state index is 0.0382. The van der Waals surface area contributed by atoms with Gasteiger partial charge in [-0.25, -0.2) is 0 Å². The van der Waals surface area contributed by atoms with Crippen LogP contribution in [0, 0.1) is 50.2 Å². The van der Waals surface area contributed by atoms with Gasteiger partial charge >= 0.3 is 5.97 Å². The van der Waals surface area contributed by atoms with Gasteiger partial charge < -0.3 is 20.4 Å². The number of carbonyl (C=O) groups is 1. The Morgan fingerprint density at radius 3 is 2.14 bits per heavy atom. The molecule has 0 aromatic heterocycles. The van der Waals surface area contributed by atoms with E-state index in [1.165, 1.54) is 5.57 Å². The van der Waals surface area contributed by atoms with E-state index in [9.17, 15) is 25.2 Å². The SMILES string of the molecule is CC1(C)C[C@H]2C3=CC[C@@H]4[C@@]5(C)CC[C@H](O)C(C)(C)[C@@H]5CC[C@@]4(C)[C@]3(C)CC[C@@]2(C(=O)O)[C@@H](O)[C@@H]1O. The first-order valence-electron chi connectivity index (χ1n) is 14.0. The lowest BCUT2D eigenvalue weighted by atomic mass is 9.33. The summed E-state index contributed by atoms with van der Waals surface area (Å²) in [4.78, 5) is 12.8. The van der Waals surface area contributed by atoms with Gasteiger partial charge in [-0.1, -0.05) is 60.1 Å². The Balaban J connectivity index is 1.62. The molecule has 5 rings (SSSR count). The molecule has 0 bridgehead atoms. The largest absolute Gasteiger partial charge is 0.481 e. The zero-order chi connectivity index (χ0) is 26.0. The number of aliphatic carboxylic acids is 1. The van der Waals surface area contributed by atoms with Gasteiger partial charge in [-0.3, -0.25) is 4.79 Å². The molecule has 4 fully saturated rings. The smallest absolute Gasteiger partial charge is 0.313 e. The average Bonchev–Trinajstić information content (AvgIpc) is 2.75. The summed E-state index contributed by atoms with van der Waals surface area (Å²) in [5, 5.41) is 43.6. The van der Waals surface area contributed by atoms with Crippen molar-refractivity contribution in [2.75, 3.05) is 0 Å². The fraction of sp³-hybridized carbons (Fsp3) is 0.900. The molecule has 0 aromatic rings. The Hall–Kier alpha value is -0.910. The normalized spacial score (nSPS) is 54.4. The van der Waals surface area contributed by atoms with Gasteiger partial charge in [-0.05, 0) is 96.2 Å². The highest BCUT2D eigenvalue weighted by atomic mass is 16.4. The zero-order valence-corrected chi connectivity index (χ0v) is 22.9. The maximum Gasteiger partial charge on any atom is 0.313 e. The summed E-state index contributed by atoms with van der Waals surface area (Å²) in [6.07, 6.45) is 6.54. The predicted molar refractivity (Wildman–Crippen MR) is 135 cm³/mol. The van der Waals surface area contributed by atoms with Crippen molar-refractivity contribution in [2.24, 2.45) is 50.2 Å². The van der Waals surface area contributed by atoms with E-state index < -0.39 is 29.0 Å². The van der Waals surface area contributed by atoms with Crippen LogP contribution in [-0.4, -0.2) is 44.7 Å². The van der Waals surface area contributed by atoms with Crippen LogP contribution in [0.25, 0.3) is 0 Å². The Kier molecular flexibility index (Phi) is 5.40. The van der Waals surface area contributed by atoms with E-state index in [1.807, 2.05) is 13.8 Å². The van der Waals surface area contributed by atoms with Crippen molar-refractivity contribution < 1.29 is 25.2 Å². The lowest BCUT2D eigenvalue weighted by Gasteiger charge is -2.71. The molecule has 4 N–H and O–H groups in total. The van der Waals surface area contributed by atoms with Crippen LogP contribution in [-0.2, 0) is 4.79 Å². The summed E-state index contributed by atoms with van der Waals surface area (Å²) >= 11 is 0. The van der Waals surface area contributed by atoms with Crippen LogP contribution in [0.15, 0.2) is 11.6 Å². The molecular weight excluding hydrogens is 440 g/mol. The van der Waals surface area contributed by atoms with Gasteiger partial charge in [0, 0.05) is 0 Å². The van der Waals surface area contributed by atoms with Gasteiger partial charge in [-0.15, -0.1) is 0 Å². The highest BCUT2D eigenvalue weighted by Crippen LogP contribution is 2.75. The van der Waals surface area contributed by atoms with Crippen molar-refractivity contribution in [3.05, 3.63) is 11.6 Å². The fourth-order valence-electron chi connectivity index (χ4n) is 10.8. The molecule has 0 unspecified atom stereocenters. The van der Waals surface area contributed by atoms with Gasteiger partial charge in [0.05, 0.1) is 18.3 Å². The quantitative estimate of drug-likeness (QED) is 0.382. The summed E-state index contributed by atoms with van der Waals surface area (Å²) in [6.45, 7) is 15.8. The molecular formula is C30H48O5. The molecule has 5 aliphatic carbocycles. The lowest BCUT2D eigenvalue weighted by Crippen LogP contribution is -2.68. The molecule has 0 spiro atoms. The van der Waals surface area contributed by atoms with Crippen LogP contribution in [0.1, 0.15) is 99.8 Å². The van der Waals surface area contributed by atoms with Crippen molar-refractivity contribution in [3.63, 3.8) is 0 Å². The summed E-state index contributed by atoms with van der Waals surface area (Å²) in [7, 11) is 0. The fourth-order valence-corrected chi connectivity index (χ4v) is 10.8. The monoisotopic (exact) mass is 488 g/mol. The van der Waals surface area contributed by atoms with E-state index in [4.69, 9.17) is 0 Å². The van der Waals surface area contributed by atoms with Crippen LogP contribution in [0.5, 0.6) is 0 Å². The molecule has 35 heavy (non-hydrogen) atoms. The molecule has 0 amide bonds. The maximum absolute atomic E-state index is 12.8. The van der Waals surface area contributed by atoms with Crippen molar-refractivity contribution in [1.82, 2.24) is 0 Å². The van der Waals surface area contributed by atoms with Gasteiger partial charge in [0.15, 0.2) is 0 Å². The summed E-state index contributed by atoms with van der Waals surface area (Å²) in [6, 6.07) is 0. The number of hydrogen-bond donors (Lipinski definition) is 4. The van der Waals surface area contributed by atoms with E-state index in [0.29, 0.717) is 24.7 Å². The van der Waals surface area contributed by atoms with Crippen molar-refractivity contribution >= 4 is 5.97 Å². The molecule has 5 aliphatic rings. The molecule has 5 nitrogen and oxygen atoms in total. The van der Waals surface area contributed by atoms with Crippen LogP contribution in [0.4, 0.5) is 0 Å². The molecule has 0 saturated heterocycles. The number of hydrogen-bond acceptors (Lipinski definition) is 4. The number of aliphatic hydroxyl groups excluding tert-OH is 3. The third-order valence-corrected chi connectivity index (χ3v) is 13.3. The van der Waals surface area contributed by atoms with E-state index in [2.05, 4.69) is 40.7 Å². The number of rotatable bonds is 1. The Morgan fingerprint density at radius 2 is 1.51 bits per heavy atom. The molecule has 0 aliphatic heterocycles. The highest BCUT2D eigenvalue weighted by molar-refractivity contribution is 5.78. The molecule has 4 saturated carbocycles. The van der Waals surface area contributed by atoms with Crippen molar-refractivity contribution in [2.45, 2.75) is 118 Å². The van der Waals surface area contributed by atoms with Crippen molar-refractivity contribution in [1.29, 1.82) is 0 Å². The number of fused-ring (bicyclic) bond motifs is 7. The molecule has 0 heterocycles. The molecule has 5 heteroatoms.